The third-order valence-electron chi connectivity index (χ3n) is 5.55. The molecule has 1 N–H and O–H groups in total. The molecule has 0 aromatic heterocycles. The number of anilines is 3. The van der Waals surface area contributed by atoms with Gasteiger partial charge in [-0.1, -0.05) is 12.1 Å². The van der Waals surface area contributed by atoms with Gasteiger partial charge in [-0.3, -0.25) is 14.9 Å². The van der Waals surface area contributed by atoms with Crippen molar-refractivity contribution in [1.29, 1.82) is 0 Å². The molecule has 2 aromatic rings. The van der Waals surface area contributed by atoms with Crippen molar-refractivity contribution in [1.82, 2.24) is 0 Å². The Kier molecular flexibility index (Phi) is 6.69. The summed E-state index contributed by atoms with van der Waals surface area (Å²) in [6, 6.07) is 14.7. The van der Waals surface area contributed by atoms with Crippen LogP contribution in [0.2, 0.25) is 0 Å². The van der Waals surface area contributed by atoms with Gasteiger partial charge in [-0.05, 0) is 57.0 Å². The molecular formula is C22H28N4O3. The number of amides is 1. The minimum Gasteiger partial charge on any atom is -0.372 e. The highest BCUT2D eigenvalue weighted by atomic mass is 16.6. The summed E-state index contributed by atoms with van der Waals surface area (Å²) in [7, 11) is 0. The topological polar surface area (TPSA) is 78.7 Å². The number of piperidine rings is 1. The Hall–Kier alpha value is -3.09. The fourth-order valence-electron chi connectivity index (χ4n) is 3.86. The van der Waals surface area contributed by atoms with Crippen molar-refractivity contribution in [3.8, 4) is 0 Å². The maximum Gasteiger partial charge on any atom is 0.292 e. The Labute approximate surface area is 171 Å². The number of hydrogen-bond acceptors (Lipinski definition) is 5. The summed E-state index contributed by atoms with van der Waals surface area (Å²) in [5.74, 6) is -0.0701. The number of nitro benzene ring substituents is 1. The Balaban J connectivity index is 1.57. The fraction of sp³-hybridized carbons (Fsp3) is 0.409. The molecule has 7 heteroatoms. The van der Waals surface area contributed by atoms with Gasteiger partial charge in [0.1, 0.15) is 5.69 Å². The number of nitrogens with zero attached hydrogens (tertiary/aromatic N) is 3. The lowest BCUT2D eigenvalue weighted by Crippen LogP contribution is -2.38. The molecule has 0 aliphatic carbocycles. The quantitative estimate of drug-likeness (QED) is 0.558. The number of nitrogens with one attached hydrogen (secondary N) is 1. The third kappa shape index (κ3) is 4.85. The van der Waals surface area contributed by atoms with Gasteiger partial charge in [-0.2, -0.15) is 0 Å². The van der Waals surface area contributed by atoms with Gasteiger partial charge in [0.25, 0.3) is 5.69 Å². The van der Waals surface area contributed by atoms with Crippen molar-refractivity contribution in [3.05, 3.63) is 58.6 Å². The highest BCUT2D eigenvalue weighted by Crippen LogP contribution is 2.31. The predicted molar refractivity (Wildman–Crippen MR) is 117 cm³/mol. The van der Waals surface area contributed by atoms with E-state index in [9.17, 15) is 14.9 Å². The lowest BCUT2D eigenvalue weighted by molar-refractivity contribution is -0.384. The number of hydrogen-bond donors (Lipinski definition) is 1. The molecule has 0 unspecified atom stereocenters. The van der Waals surface area contributed by atoms with Gasteiger partial charge in [-0.15, -0.1) is 0 Å². The summed E-state index contributed by atoms with van der Waals surface area (Å²) < 4.78 is 0. The molecule has 7 nitrogen and oxygen atoms in total. The summed E-state index contributed by atoms with van der Waals surface area (Å²) >= 11 is 0. The van der Waals surface area contributed by atoms with Gasteiger partial charge in [0.05, 0.1) is 4.92 Å². The van der Waals surface area contributed by atoms with E-state index in [-0.39, 0.29) is 22.4 Å². The lowest BCUT2D eigenvalue weighted by atomic mass is 9.95. The molecule has 3 rings (SSSR count). The van der Waals surface area contributed by atoms with E-state index in [1.165, 1.54) is 6.07 Å². The van der Waals surface area contributed by atoms with Gasteiger partial charge >= 0.3 is 0 Å². The number of nitro groups is 1. The van der Waals surface area contributed by atoms with Gasteiger partial charge in [0.2, 0.25) is 5.91 Å². The first-order valence-electron chi connectivity index (χ1n) is 10.2. The molecule has 0 radical (unpaired) electrons. The van der Waals surface area contributed by atoms with E-state index in [1.54, 1.807) is 12.1 Å². The second kappa shape index (κ2) is 9.41. The van der Waals surface area contributed by atoms with E-state index >= 15 is 0 Å². The molecule has 1 aliphatic heterocycles. The van der Waals surface area contributed by atoms with E-state index < -0.39 is 0 Å². The van der Waals surface area contributed by atoms with Crippen molar-refractivity contribution in [2.24, 2.45) is 5.92 Å². The molecule has 154 valence electrons. The highest BCUT2D eigenvalue weighted by molar-refractivity contribution is 5.93. The fourth-order valence-corrected chi connectivity index (χ4v) is 3.86. The Morgan fingerprint density at radius 1 is 1.10 bits per heavy atom. The van der Waals surface area contributed by atoms with Gasteiger partial charge < -0.3 is 15.1 Å². The first-order valence-corrected chi connectivity index (χ1v) is 10.2. The normalized spacial score (nSPS) is 14.5. The number of para-hydroxylation sites is 2. The second-order valence-corrected chi connectivity index (χ2v) is 7.22. The molecule has 2 aromatic carbocycles. The van der Waals surface area contributed by atoms with Crippen LogP contribution in [0.25, 0.3) is 0 Å². The number of carbonyl (C=O) groups excluding carboxylic acids is 1. The van der Waals surface area contributed by atoms with Gasteiger partial charge in [-0.25, -0.2) is 0 Å². The molecule has 0 saturated carbocycles. The average Bonchev–Trinajstić information content (AvgIpc) is 2.76. The van der Waals surface area contributed by atoms with Crippen LogP contribution in [-0.2, 0) is 4.79 Å². The van der Waals surface area contributed by atoms with E-state index in [0.717, 1.165) is 24.5 Å². The maximum atomic E-state index is 12.7. The summed E-state index contributed by atoms with van der Waals surface area (Å²) in [4.78, 5) is 27.8. The van der Waals surface area contributed by atoms with Crippen LogP contribution >= 0.6 is 0 Å². The van der Waals surface area contributed by atoms with E-state index in [2.05, 4.69) is 24.1 Å². The Morgan fingerprint density at radius 2 is 1.72 bits per heavy atom. The second-order valence-electron chi connectivity index (χ2n) is 7.22. The van der Waals surface area contributed by atoms with Gasteiger partial charge in [0.15, 0.2) is 0 Å². The van der Waals surface area contributed by atoms with E-state index in [4.69, 9.17) is 0 Å². The largest absolute Gasteiger partial charge is 0.372 e. The van der Waals surface area contributed by atoms with E-state index in [1.807, 2.05) is 35.2 Å². The van der Waals surface area contributed by atoms with Crippen molar-refractivity contribution in [2.75, 3.05) is 41.3 Å². The lowest BCUT2D eigenvalue weighted by Gasteiger charge is -2.32. The Morgan fingerprint density at radius 3 is 2.31 bits per heavy atom. The zero-order valence-electron chi connectivity index (χ0n) is 17.0. The number of rotatable bonds is 7. The SMILES string of the molecule is CCN(CC)c1ccc(NC(=O)C2CCN(c3ccccc3[N+](=O)[O-])CC2)cc1. The number of benzene rings is 2. The highest BCUT2D eigenvalue weighted by Gasteiger charge is 2.28. The summed E-state index contributed by atoms with van der Waals surface area (Å²) in [6.45, 7) is 7.39. The average molecular weight is 396 g/mol. The molecular weight excluding hydrogens is 368 g/mol. The molecule has 1 fully saturated rings. The predicted octanol–water partition coefficient (Wildman–Crippen LogP) is 4.30. The van der Waals surface area contributed by atoms with Crippen LogP contribution in [0, 0.1) is 16.0 Å². The van der Waals surface area contributed by atoms with Crippen LogP contribution in [0.15, 0.2) is 48.5 Å². The molecule has 0 atom stereocenters. The standard InChI is InChI=1S/C22H28N4O3/c1-3-24(4-2)19-11-9-18(10-12-19)23-22(27)17-13-15-25(16-14-17)20-7-5-6-8-21(20)26(28)29/h5-12,17H,3-4,13-16H2,1-2H3,(H,23,27). The first-order chi connectivity index (χ1) is 14.0. The van der Waals surface area contributed by atoms with E-state index in [0.29, 0.717) is 31.6 Å². The van der Waals surface area contributed by atoms with Crippen molar-refractivity contribution >= 4 is 28.7 Å². The van der Waals surface area contributed by atoms with Crippen LogP contribution < -0.4 is 15.1 Å². The van der Waals surface area contributed by atoms with Crippen LogP contribution in [0.1, 0.15) is 26.7 Å². The van der Waals surface area contributed by atoms with Crippen LogP contribution in [0.5, 0.6) is 0 Å². The summed E-state index contributed by atoms with van der Waals surface area (Å²) in [6.07, 6.45) is 1.35. The minimum absolute atomic E-state index is 0.0165. The van der Waals surface area contributed by atoms with Crippen molar-refractivity contribution in [3.63, 3.8) is 0 Å². The zero-order valence-corrected chi connectivity index (χ0v) is 17.0. The van der Waals surface area contributed by atoms with Crippen LogP contribution in [0.3, 0.4) is 0 Å². The van der Waals surface area contributed by atoms with Crippen molar-refractivity contribution in [2.45, 2.75) is 26.7 Å². The summed E-state index contributed by atoms with van der Waals surface area (Å²) in [5.41, 5.74) is 2.69. The molecule has 0 bridgehead atoms. The molecule has 1 heterocycles. The monoisotopic (exact) mass is 396 g/mol. The molecule has 29 heavy (non-hydrogen) atoms. The molecule has 0 spiro atoms. The zero-order chi connectivity index (χ0) is 20.8. The smallest absolute Gasteiger partial charge is 0.292 e. The molecule has 1 saturated heterocycles. The van der Waals surface area contributed by atoms with Crippen LogP contribution in [0.4, 0.5) is 22.7 Å². The third-order valence-corrected chi connectivity index (χ3v) is 5.55. The molecule has 1 aliphatic rings. The van der Waals surface area contributed by atoms with Crippen molar-refractivity contribution < 1.29 is 9.72 Å². The Bertz CT molecular complexity index is 841. The van der Waals surface area contributed by atoms with Gasteiger partial charge in [0, 0.05) is 49.5 Å². The summed E-state index contributed by atoms with van der Waals surface area (Å²) in [5, 5.41) is 14.3. The first kappa shape index (κ1) is 20.6. The maximum absolute atomic E-state index is 12.7. The minimum atomic E-state index is -0.351. The molecule has 1 amide bonds. The van der Waals surface area contributed by atoms with Crippen LogP contribution in [-0.4, -0.2) is 37.0 Å². The number of carbonyl (C=O) groups is 1.